The van der Waals surface area contributed by atoms with E-state index in [1.54, 1.807) is 6.20 Å². The zero-order chi connectivity index (χ0) is 18.8. The number of aromatic nitrogens is 2. The summed E-state index contributed by atoms with van der Waals surface area (Å²) in [6, 6.07) is 9.86. The second-order valence-electron chi connectivity index (χ2n) is 7.35. The van der Waals surface area contributed by atoms with Crippen LogP contribution >= 0.6 is 11.6 Å². The first-order chi connectivity index (χ1) is 13.1. The first-order valence-corrected chi connectivity index (χ1v) is 9.74. The molecule has 2 heterocycles. The summed E-state index contributed by atoms with van der Waals surface area (Å²) in [6.07, 6.45) is 4.09. The zero-order valence-electron chi connectivity index (χ0n) is 15.1. The summed E-state index contributed by atoms with van der Waals surface area (Å²) in [7, 11) is 0. The van der Waals surface area contributed by atoms with Crippen LogP contribution in [0.1, 0.15) is 24.0 Å². The number of hydrogen-bond donors (Lipinski definition) is 0. The van der Waals surface area contributed by atoms with Gasteiger partial charge < -0.3 is 4.90 Å². The first-order valence-electron chi connectivity index (χ1n) is 9.36. The molecule has 1 aliphatic heterocycles. The maximum absolute atomic E-state index is 12.5. The largest absolute Gasteiger partial charge is 0.366 e. The van der Waals surface area contributed by atoms with Gasteiger partial charge in [-0.1, -0.05) is 23.7 Å². The van der Waals surface area contributed by atoms with Crippen LogP contribution in [0.2, 0.25) is 5.02 Å². The smallest absolute Gasteiger partial charge is 0.287 e. The van der Waals surface area contributed by atoms with Gasteiger partial charge in [0, 0.05) is 39.3 Å². The Labute approximate surface area is 163 Å². The second-order valence-corrected chi connectivity index (χ2v) is 7.72. The number of benzene rings is 1. The number of rotatable bonds is 5. The van der Waals surface area contributed by atoms with Crippen molar-refractivity contribution in [3.05, 3.63) is 57.0 Å². The van der Waals surface area contributed by atoms with E-state index in [9.17, 15) is 4.79 Å². The van der Waals surface area contributed by atoms with Crippen molar-refractivity contribution in [2.75, 3.05) is 31.1 Å². The van der Waals surface area contributed by atoms with Crippen molar-refractivity contribution in [3.8, 4) is 6.07 Å². The molecule has 0 amide bonds. The van der Waals surface area contributed by atoms with Crippen molar-refractivity contribution in [1.29, 1.82) is 5.26 Å². The second kappa shape index (κ2) is 7.71. The van der Waals surface area contributed by atoms with E-state index in [1.165, 1.54) is 23.1 Å². The van der Waals surface area contributed by atoms with E-state index >= 15 is 0 Å². The van der Waals surface area contributed by atoms with Crippen LogP contribution in [-0.4, -0.2) is 40.9 Å². The number of piperazine rings is 1. The number of halogens is 1. The van der Waals surface area contributed by atoms with E-state index < -0.39 is 0 Å². The van der Waals surface area contributed by atoms with Crippen molar-refractivity contribution in [2.24, 2.45) is 5.92 Å². The van der Waals surface area contributed by atoms with Gasteiger partial charge in [0.1, 0.15) is 5.02 Å². The minimum atomic E-state index is -0.180. The maximum Gasteiger partial charge on any atom is 0.287 e. The van der Waals surface area contributed by atoms with Gasteiger partial charge in [0.25, 0.3) is 5.56 Å². The summed E-state index contributed by atoms with van der Waals surface area (Å²) in [5.41, 5.74) is 2.44. The zero-order valence-corrected chi connectivity index (χ0v) is 15.9. The Hall–Kier alpha value is -2.36. The number of nitrogens with zero attached hydrogens (tertiary/aromatic N) is 5. The minimum absolute atomic E-state index is 0.180. The van der Waals surface area contributed by atoms with Gasteiger partial charge in [-0.05, 0) is 36.5 Å². The topological polar surface area (TPSA) is 65.2 Å². The molecule has 0 bridgehead atoms. The molecule has 6 nitrogen and oxygen atoms in total. The molecule has 140 valence electrons. The van der Waals surface area contributed by atoms with E-state index in [0.29, 0.717) is 18.0 Å². The first kappa shape index (κ1) is 18.0. The number of hydrogen-bond acceptors (Lipinski definition) is 5. The molecule has 1 aromatic carbocycles. The molecule has 27 heavy (non-hydrogen) atoms. The van der Waals surface area contributed by atoms with Crippen molar-refractivity contribution >= 4 is 17.3 Å². The molecule has 1 aliphatic carbocycles. The van der Waals surface area contributed by atoms with Crippen LogP contribution in [-0.2, 0) is 13.1 Å². The highest BCUT2D eigenvalue weighted by atomic mass is 35.5. The summed E-state index contributed by atoms with van der Waals surface area (Å²) in [6.45, 7) is 4.93. The molecular weight excluding hydrogens is 362 g/mol. The average Bonchev–Trinajstić information content (AvgIpc) is 3.51. The summed E-state index contributed by atoms with van der Waals surface area (Å²) >= 11 is 6.38. The SMILES string of the molecule is N#Cc1ccc(CN2CCN(c3cnn(CC4CC4)c(=O)c3Cl)CC2)cc1. The summed E-state index contributed by atoms with van der Waals surface area (Å²) < 4.78 is 1.50. The lowest BCUT2D eigenvalue weighted by Crippen LogP contribution is -2.46. The summed E-state index contributed by atoms with van der Waals surface area (Å²) in [4.78, 5) is 17.0. The highest BCUT2D eigenvalue weighted by Gasteiger charge is 2.25. The van der Waals surface area contributed by atoms with E-state index in [0.717, 1.165) is 38.4 Å². The maximum atomic E-state index is 12.5. The lowest BCUT2D eigenvalue weighted by atomic mass is 10.1. The van der Waals surface area contributed by atoms with Gasteiger partial charge in [0.15, 0.2) is 0 Å². The van der Waals surface area contributed by atoms with Gasteiger partial charge in [-0.25, -0.2) is 4.68 Å². The van der Waals surface area contributed by atoms with Gasteiger partial charge in [0.05, 0.1) is 23.5 Å². The Bertz CT molecular complexity index is 905. The van der Waals surface area contributed by atoms with Crippen LogP contribution in [0.15, 0.2) is 35.3 Å². The molecule has 0 N–H and O–H groups in total. The quantitative estimate of drug-likeness (QED) is 0.793. The molecule has 0 atom stereocenters. The highest BCUT2D eigenvalue weighted by molar-refractivity contribution is 6.33. The lowest BCUT2D eigenvalue weighted by Gasteiger charge is -2.36. The van der Waals surface area contributed by atoms with Gasteiger partial charge in [0.2, 0.25) is 0 Å². The summed E-state index contributed by atoms with van der Waals surface area (Å²) in [5.74, 6) is 0.586. The Kier molecular flexibility index (Phi) is 5.15. The number of nitriles is 1. The molecule has 4 rings (SSSR count). The Balaban J connectivity index is 1.38. The predicted molar refractivity (Wildman–Crippen MR) is 105 cm³/mol. The van der Waals surface area contributed by atoms with E-state index in [-0.39, 0.29) is 10.6 Å². The van der Waals surface area contributed by atoms with Crippen molar-refractivity contribution in [3.63, 3.8) is 0 Å². The molecule has 1 saturated heterocycles. The Morgan fingerprint density at radius 2 is 1.85 bits per heavy atom. The molecule has 0 radical (unpaired) electrons. The Morgan fingerprint density at radius 3 is 2.48 bits per heavy atom. The van der Waals surface area contributed by atoms with Crippen LogP contribution in [0.4, 0.5) is 5.69 Å². The fraction of sp³-hybridized carbons (Fsp3) is 0.450. The van der Waals surface area contributed by atoms with Crippen LogP contribution in [0.25, 0.3) is 0 Å². The molecule has 2 aromatic rings. The standard InChI is InChI=1S/C20H22ClN5O/c21-19-18(12-23-26(20(19)27)14-17-5-6-17)25-9-7-24(8-10-25)13-16-3-1-15(11-22)2-4-16/h1-4,12,17H,5-10,13-14H2. The third-order valence-electron chi connectivity index (χ3n) is 5.30. The third kappa shape index (κ3) is 4.15. The third-order valence-corrected chi connectivity index (χ3v) is 5.65. The molecule has 7 heteroatoms. The van der Waals surface area contributed by atoms with Gasteiger partial charge >= 0.3 is 0 Å². The van der Waals surface area contributed by atoms with Gasteiger partial charge in [-0.15, -0.1) is 0 Å². The monoisotopic (exact) mass is 383 g/mol. The van der Waals surface area contributed by atoms with Crippen LogP contribution in [0.3, 0.4) is 0 Å². The van der Waals surface area contributed by atoms with Crippen LogP contribution in [0, 0.1) is 17.2 Å². The average molecular weight is 384 g/mol. The highest BCUT2D eigenvalue weighted by Crippen LogP contribution is 2.30. The molecular formula is C20H22ClN5O. The molecule has 1 saturated carbocycles. The van der Waals surface area contributed by atoms with Crippen LogP contribution < -0.4 is 10.5 Å². The normalized spacial score (nSPS) is 17.7. The lowest BCUT2D eigenvalue weighted by molar-refractivity contribution is 0.249. The molecule has 2 fully saturated rings. The molecule has 1 aromatic heterocycles. The molecule has 0 unspecified atom stereocenters. The molecule has 2 aliphatic rings. The van der Waals surface area contributed by atoms with Gasteiger partial charge in [-0.3, -0.25) is 9.69 Å². The Morgan fingerprint density at radius 1 is 1.15 bits per heavy atom. The minimum Gasteiger partial charge on any atom is -0.366 e. The van der Waals surface area contributed by atoms with E-state index in [2.05, 4.69) is 21.0 Å². The fourth-order valence-electron chi connectivity index (χ4n) is 3.44. The predicted octanol–water partition coefficient (Wildman–Crippen LogP) is 2.50. The summed E-state index contributed by atoms with van der Waals surface area (Å²) in [5, 5.41) is 13.5. The molecule has 0 spiro atoms. The van der Waals surface area contributed by atoms with E-state index in [4.69, 9.17) is 16.9 Å². The van der Waals surface area contributed by atoms with Crippen molar-refractivity contribution in [1.82, 2.24) is 14.7 Å². The van der Waals surface area contributed by atoms with Crippen molar-refractivity contribution in [2.45, 2.75) is 25.9 Å². The number of anilines is 1. The van der Waals surface area contributed by atoms with Crippen molar-refractivity contribution < 1.29 is 0 Å². The van der Waals surface area contributed by atoms with Crippen LogP contribution in [0.5, 0.6) is 0 Å². The van der Waals surface area contributed by atoms with Gasteiger partial charge in [-0.2, -0.15) is 10.4 Å². The van der Waals surface area contributed by atoms with E-state index in [1.807, 2.05) is 24.3 Å². The fourth-order valence-corrected chi connectivity index (χ4v) is 3.71.